The molecule has 0 radical (unpaired) electrons. The van der Waals surface area contributed by atoms with E-state index in [1.807, 2.05) is 6.08 Å². The molecular formula is C16H18BrNO6S. The minimum absolute atomic E-state index is 0.0712. The molecule has 0 saturated heterocycles. The van der Waals surface area contributed by atoms with Gasteiger partial charge in [0.1, 0.15) is 4.88 Å². The highest BCUT2D eigenvalue weighted by Crippen LogP contribution is 2.30. The second-order valence-corrected chi connectivity index (χ2v) is 7.16. The number of rotatable bonds is 5. The summed E-state index contributed by atoms with van der Waals surface area (Å²) in [5.74, 6) is -0.687. The summed E-state index contributed by atoms with van der Waals surface area (Å²) in [6.07, 6.45) is 2.88. The molecule has 0 spiro atoms. The van der Waals surface area contributed by atoms with E-state index < -0.39 is 18.1 Å². The topological polar surface area (TPSA) is 82.1 Å². The van der Waals surface area contributed by atoms with Crippen LogP contribution in [0.15, 0.2) is 22.7 Å². The van der Waals surface area contributed by atoms with Crippen LogP contribution in [0, 0.1) is 0 Å². The standard InChI is InChI=1S/C16H18BrNO6S/c1-22-10-5-4-9(18(8-10)16(21)24-3)6-12(19)14-11(17)7-13(25-14)15(20)23-2/h4-5,7,9-10H,6,8H2,1-3H3/t9-,10+/m1/s1. The van der Waals surface area contributed by atoms with Crippen molar-refractivity contribution in [3.63, 3.8) is 0 Å². The van der Waals surface area contributed by atoms with Crippen molar-refractivity contribution in [2.75, 3.05) is 27.9 Å². The van der Waals surface area contributed by atoms with Crippen molar-refractivity contribution in [1.29, 1.82) is 0 Å². The molecule has 0 saturated carbocycles. The zero-order valence-electron chi connectivity index (χ0n) is 14.0. The predicted molar refractivity (Wildman–Crippen MR) is 95.1 cm³/mol. The maximum atomic E-state index is 12.6. The van der Waals surface area contributed by atoms with Crippen LogP contribution in [0.5, 0.6) is 0 Å². The average molecular weight is 432 g/mol. The van der Waals surface area contributed by atoms with E-state index in [0.29, 0.717) is 20.8 Å². The molecule has 2 rings (SSSR count). The van der Waals surface area contributed by atoms with Crippen LogP contribution in [-0.4, -0.2) is 62.8 Å². The van der Waals surface area contributed by atoms with Gasteiger partial charge in [0.05, 0.1) is 37.8 Å². The number of ether oxygens (including phenoxy) is 3. The number of esters is 1. The lowest BCUT2D eigenvalue weighted by Gasteiger charge is -2.33. The first-order valence-electron chi connectivity index (χ1n) is 7.37. The highest BCUT2D eigenvalue weighted by Gasteiger charge is 2.31. The molecule has 1 aliphatic heterocycles. The predicted octanol–water partition coefficient (Wildman–Crippen LogP) is 2.89. The molecule has 1 aromatic heterocycles. The van der Waals surface area contributed by atoms with E-state index in [-0.39, 0.29) is 18.3 Å². The van der Waals surface area contributed by atoms with Gasteiger partial charge in [0.2, 0.25) is 0 Å². The smallest absolute Gasteiger partial charge is 0.410 e. The van der Waals surface area contributed by atoms with Crippen LogP contribution in [0.4, 0.5) is 4.79 Å². The highest BCUT2D eigenvalue weighted by atomic mass is 79.9. The van der Waals surface area contributed by atoms with Gasteiger partial charge in [0.25, 0.3) is 0 Å². The number of amides is 1. The molecule has 136 valence electrons. The number of methoxy groups -OCH3 is 3. The van der Waals surface area contributed by atoms with E-state index in [9.17, 15) is 14.4 Å². The third kappa shape index (κ3) is 4.47. The maximum Gasteiger partial charge on any atom is 0.410 e. The van der Waals surface area contributed by atoms with Gasteiger partial charge in [-0.3, -0.25) is 9.69 Å². The minimum atomic E-state index is -0.523. The SMILES string of the molecule is COC(=O)c1cc(Br)c(C(=O)C[C@H]2C=C[C@H](OC)CN2C(=O)OC)s1. The van der Waals surface area contributed by atoms with Gasteiger partial charge >= 0.3 is 12.1 Å². The van der Waals surface area contributed by atoms with Gasteiger partial charge in [0, 0.05) is 18.0 Å². The van der Waals surface area contributed by atoms with E-state index in [2.05, 4.69) is 20.7 Å². The highest BCUT2D eigenvalue weighted by molar-refractivity contribution is 9.10. The van der Waals surface area contributed by atoms with E-state index in [1.165, 1.54) is 19.1 Å². The molecule has 0 aliphatic carbocycles. The summed E-state index contributed by atoms with van der Waals surface area (Å²) in [6, 6.07) is 1.11. The Balaban J connectivity index is 2.19. The molecule has 9 heteroatoms. The number of ketones is 1. The molecular weight excluding hydrogens is 414 g/mol. The van der Waals surface area contributed by atoms with Crippen LogP contribution in [0.2, 0.25) is 0 Å². The molecule has 2 atom stereocenters. The van der Waals surface area contributed by atoms with Crippen molar-refractivity contribution in [2.24, 2.45) is 0 Å². The fraction of sp³-hybridized carbons (Fsp3) is 0.438. The van der Waals surface area contributed by atoms with Crippen LogP contribution in [0.1, 0.15) is 25.8 Å². The molecule has 1 aromatic rings. The Kier molecular flexibility index (Phi) is 6.74. The van der Waals surface area contributed by atoms with Gasteiger partial charge in [-0.25, -0.2) is 9.59 Å². The summed E-state index contributed by atoms with van der Waals surface area (Å²) in [5, 5.41) is 0. The Morgan fingerprint density at radius 2 is 1.96 bits per heavy atom. The zero-order chi connectivity index (χ0) is 18.6. The number of nitrogens with zero attached hydrogens (tertiary/aromatic N) is 1. The van der Waals surface area contributed by atoms with Crippen LogP contribution in [-0.2, 0) is 14.2 Å². The number of carbonyl (C=O) groups excluding carboxylic acids is 3. The van der Waals surface area contributed by atoms with E-state index in [0.717, 1.165) is 11.3 Å². The largest absolute Gasteiger partial charge is 0.465 e. The molecule has 2 heterocycles. The number of carbonyl (C=O) groups is 3. The van der Waals surface area contributed by atoms with Crippen molar-refractivity contribution in [3.05, 3.63) is 32.4 Å². The molecule has 1 aliphatic rings. The fourth-order valence-electron chi connectivity index (χ4n) is 2.45. The van der Waals surface area contributed by atoms with Gasteiger partial charge < -0.3 is 14.2 Å². The van der Waals surface area contributed by atoms with Crippen LogP contribution in [0.3, 0.4) is 0 Å². The fourth-order valence-corrected chi connectivity index (χ4v) is 4.21. The summed E-state index contributed by atoms with van der Waals surface area (Å²) in [6.45, 7) is 0.302. The van der Waals surface area contributed by atoms with Gasteiger partial charge in [0.15, 0.2) is 5.78 Å². The Labute approximate surface area is 157 Å². The summed E-state index contributed by atoms with van der Waals surface area (Å²) in [5.41, 5.74) is 0. The normalized spacial score (nSPS) is 19.6. The molecule has 0 fully saturated rings. The maximum absolute atomic E-state index is 12.6. The second kappa shape index (κ2) is 8.59. The molecule has 25 heavy (non-hydrogen) atoms. The first kappa shape index (κ1) is 19.6. The first-order chi connectivity index (χ1) is 11.9. The van der Waals surface area contributed by atoms with Gasteiger partial charge in [-0.2, -0.15) is 0 Å². The van der Waals surface area contributed by atoms with Gasteiger partial charge in [-0.1, -0.05) is 12.2 Å². The quantitative estimate of drug-likeness (QED) is 0.404. The lowest BCUT2D eigenvalue weighted by atomic mass is 10.0. The lowest BCUT2D eigenvalue weighted by molar-refractivity contribution is 0.0577. The summed E-state index contributed by atoms with van der Waals surface area (Å²) >= 11 is 4.35. The minimum Gasteiger partial charge on any atom is -0.465 e. The summed E-state index contributed by atoms with van der Waals surface area (Å²) < 4.78 is 15.2. The van der Waals surface area contributed by atoms with Crippen LogP contribution >= 0.6 is 27.3 Å². The number of halogens is 1. The summed E-state index contributed by atoms with van der Waals surface area (Å²) in [7, 11) is 4.12. The third-order valence-electron chi connectivity index (χ3n) is 3.76. The molecule has 0 N–H and O–H groups in total. The Bertz CT molecular complexity index is 701. The van der Waals surface area contributed by atoms with Gasteiger partial charge in [-0.05, 0) is 22.0 Å². The van der Waals surface area contributed by atoms with Gasteiger partial charge in [-0.15, -0.1) is 11.3 Å². The van der Waals surface area contributed by atoms with E-state index in [1.54, 1.807) is 19.3 Å². The molecule has 7 nitrogen and oxygen atoms in total. The van der Waals surface area contributed by atoms with Crippen molar-refractivity contribution < 1.29 is 28.6 Å². The Morgan fingerprint density at radius 1 is 1.24 bits per heavy atom. The van der Waals surface area contributed by atoms with E-state index >= 15 is 0 Å². The van der Waals surface area contributed by atoms with Crippen molar-refractivity contribution >= 4 is 45.1 Å². The molecule has 0 bridgehead atoms. The Morgan fingerprint density at radius 3 is 2.56 bits per heavy atom. The average Bonchev–Trinajstić information content (AvgIpc) is 3.02. The molecule has 1 amide bonds. The number of thiophene rings is 1. The molecule has 0 aromatic carbocycles. The van der Waals surface area contributed by atoms with Crippen molar-refractivity contribution in [3.8, 4) is 0 Å². The third-order valence-corrected chi connectivity index (χ3v) is 5.80. The summed E-state index contributed by atoms with van der Waals surface area (Å²) in [4.78, 5) is 38.4. The van der Waals surface area contributed by atoms with Crippen LogP contribution < -0.4 is 0 Å². The Hall–Kier alpha value is -1.71. The van der Waals surface area contributed by atoms with Crippen molar-refractivity contribution in [2.45, 2.75) is 18.6 Å². The van der Waals surface area contributed by atoms with Crippen LogP contribution in [0.25, 0.3) is 0 Å². The zero-order valence-corrected chi connectivity index (χ0v) is 16.4. The monoisotopic (exact) mass is 431 g/mol. The first-order valence-corrected chi connectivity index (χ1v) is 8.98. The molecule has 0 unspecified atom stereocenters. The van der Waals surface area contributed by atoms with Crippen molar-refractivity contribution in [1.82, 2.24) is 4.90 Å². The number of Topliss-reactive ketones (excluding diaryl/α,β-unsaturated/α-hetero) is 1. The second-order valence-electron chi connectivity index (χ2n) is 5.26. The van der Waals surface area contributed by atoms with E-state index in [4.69, 9.17) is 9.47 Å². The number of hydrogen-bond donors (Lipinski definition) is 0. The lowest BCUT2D eigenvalue weighted by Crippen LogP contribution is -2.47. The number of hydrogen-bond acceptors (Lipinski definition) is 7.